The minimum absolute atomic E-state index is 0.850. The van der Waals surface area contributed by atoms with Gasteiger partial charge in [-0.15, -0.1) is 0 Å². The molecule has 4 aromatic rings. The Morgan fingerprint density at radius 3 is 1.32 bits per heavy atom. The number of amidine groups is 2. The number of hydrogen-bond acceptors (Lipinski definition) is 6. The number of aromatic nitrogens is 2. The molecule has 6 rings (SSSR count). The van der Waals surface area contributed by atoms with Gasteiger partial charge in [0.15, 0.2) is 0 Å². The summed E-state index contributed by atoms with van der Waals surface area (Å²) in [6.07, 6.45) is -5.95. The van der Waals surface area contributed by atoms with Gasteiger partial charge in [-0.3, -0.25) is 9.98 Å². The van der Waals surface area contributed by atoms with Crippen LogP contribution in [0.5, 0.6) is 0 Å². The lowest BCUT2D eigenvalue weighted by molar-refractivity contribution is -0.193. The lowest BCUT2D eigenvalue weighted by atomic mass is 10.1. The Labute approximate surface area is 244 Å². The normalized spacial score (nSPS) is 14.7. The molecule has 0 amide bonds. The van der Waals surface area contributed by atoms with E-state index >= 15 is 0 Å². The molecule has 0 aliphatic carbocycles. The molecule has 2 aliphatic rings. The van der Waals surface area contributed by atoms with Crippen molar-refractivity contribution >= 4 is 57.6 Å². The van der Waals surface area contributed by atoms with Crippen molar-refractivity contribution in [3.8, 4) is 0 Å². The topological polar surface area (TPSA) is 155 Å². The number of aromatic amines is 2. The summed E-state index contributed by atoms with van der Waals surface area (Å²) in [5.41, 5.74) is 6.65. The van der Waals surface area contributed by atoms with Crippen LogP contribution in [0.3, 0.4) is 0 Å². The highest BCUT2D eigenvalue weighted by atomic mass is 19.4. The Morgan fingerprint density at radius 1 is 0.659 bits per heavy atom. The van der Waals surface area contributed by atoms with Crippen LogP contribution in [0.25, 0.3) is 34.0 Å². The minimum Gasteiger partial charge on any atom is -0.475 e. The van der Waals surface area contributed by atoms with Gasteiger partial charge in [-0.1, -0.05) is 24.3 Å². The fraction of sp³-hybridized carbons (Fsp3) is 0.214. The lowest BCUT2D eigenvalue weighted by Crippen LogP contribution is -2.21. The zero-order chi connectivity index (χ0) is 32.1. The molecule has 0 bridgehead atoms. The van der Waals surface area contributed by atoms with Crippen LogP contribution in [0.1, 0.15) is 22.5 Å². The highest BCUT2D eigenvalue weighted by molar-refractivity contribution is 6.03. The Morgan fingerprint density at radius 2 is 1.02 bits per heavy atom. The molecule has 0 atom stereocenters. The van der Waals surface area contributed by atoms with Gasteiger partial charge in [0, 0.05) is 57.4 Å². The van der Waals surface area contributed by atoms with Gasteiger partial charge in [0.05, 0.1) is 13.1 Å². The van der Waals surface area contributed by atoms with Crippen molar-refractivity contribution in [2.45, 2.75) is 12.4 Å². The molecular weight excluding hydrogens is 598 g/mol. The van der Waals surface area contributed by atoms with E-state index in [9.17, 15) is 26.3 Å². The first-order valence-corrected chi connectivity index (χ1v) is 12.8. The fourth-order valence-electron chi connectivity index (χ4n) is 4.14. The van der Waals surface area contributed by atoms with Crippen LogP contribution in [0.15, 0.2) is 58.5 Å². The number of nitrogens with one attached hydrogen (secondary N) is 4. The number of fused-ring (bicyclic) bond motifs is 2. The monoisotopic (exact) mass is 622 g/mol. The van der Waals surface area contributed by atoms with Gasteiger partial charge >= 0.3 is 24.3 Å². The molecule has 44 heavy (non-hydrogen) atoms. The molecule has 0 fully saturated rings. The van der Waals surface area contributed by atoms with E-state index in [-0.39, 0.29) is 0 Å². The molecule has 0 radical (unpaired) electrons. The molecule has 0 spiro atoms. The number of rotatable bonds is 4. The standard InChI is InChI=1S/C24H22N6.2C2HF3O2/c1-3-17(23-25-7-8-26-23)13-21-15(1)11-19(29-21)5-6-20-12-16-2-4-18(14-22(16)30-20)24-27-9-10-28-24;2*3-2(4,5)1(6)7/h1-6,11-14,29-30H,7-10H2,(H,25,26)(H,27,28);2*(H,6,7)/b6-5+;;. The average Bonchev–Trinajstić information content (AvgIpc) is 3.77. The number of halogens is 6. The van der Waals surface area contributed by atoms with Crippen LogP contribution >= 0.6 is 0 Å². The minimum atomic E-state index is -5.08. The molecule has 0 saturated carbocycles. The van der Waals surface area contributed by atoms with Crippen molar-refractivity contribution in [1.82, 2.24) is 20.6 Å². The van der Waals surface area contributed by atoms with E-state index in [4.69, 9.17) is 19.8 Å². The number of aliphatic carboxylic acids is 2. The maximum absolute atomic E-state index is 10.6. The Kier molecular flexibility index (Phi) is 9.30. The van der Waals surface area contributed by atoms with Gasteiger partial charge in [0.25, 0.3) is 0 Å². The Balaban J connectivity index is 0.000000265. The summed E-state index contributed by atoms with van der Waals surface area (Å²) in [7, 11) is 0. The van der Waals surface area contributed by atoms with Crippen LogP contribution in [0.2, 0.25) is 0 Å². The fourth-order valence-corrected chi connectivity index (χ4v) is 4.14. The Hall–Kier alpha value is -5.28. The number of carbonyl (C=O) groups is 2. The van der Waals surface area contributed by atoms with E-state index in [0.29, 0.717) is 0 Å². The van der Waals surface area contributed by atoms with E-state index in [2.05, 4.69) is 91.3 Å². The number of hydrogen-bond donors (Lipinski definition) is 6. The molecule has 2 aliphatic heterocycles. The lowest BCUT2D eigenvalue weighted by Gasteiger charge is -2.01. The molecular formula is C28H24F6N6O4. The zero-order valence-electron chi connectivity index (χ0n) is 22.5. The quantitative estimate of drug-likeness (QED) is 0.180. The SMILES string of the molecule is C(=C\c1cc2ccc(C3=NCCN3)cc2[nH]1)/c1cc2ccc(C3=NCCN3)cc2[nH]1.O=C(O)C(F)(F)F.O=C(O)C(F)(F)F. The first-order valence-electron chi connectivity index (χ1n) is 12.8. The van der Waals surface area contributed by atoms with Gasteiger partial charge in [-0.05, 0) is 36.4 Å². The predicted molar refractivity (Wildman–Crippen MR) is 152 cm³/mol. The number of carboxylic acid groups (broad SMARTS) is 2. The third-order valence-corrected chi connectivity index (χ3v) is 6.11. The van der Waals surface area contributed by atoms with Crippen LogP contribution in [-0.4, -0.2) is 82.3 Å². The van der Waals surface area contributed by atoms with Crippen molar-refractivity contribution in [2.75, 3.05) is 26.2 Å². The number of benzene rings is 2. The summed E-state index contributed by atoms with van der Waals surface area (Å²) in [5.74, 6) is -3.54. The number of nitrogens with zero attached hydrogens (tertiary/aromatic N) is 2. The highest BCUT2D eigenvalue weighted by Gasteiger charge is 2.38. The smallest absolute Gasteiger partial charge is 0.475 e. The van der Waals surface area contributed by atoms with Crippen molar-refractivity contribution in [3.63, 3.8) is 0 Å². The second-order valence-corrected chi connectivity index (χ2v) is 9.31. The van der Waals surface area contributed by atoms with E-state index in [0.717, 1.165) is 71.4 Å². The summed E-state index contributed by atoms with van der Waals surface area (Å²) in [5, 5.41) is 23.3. The Bertz CT molecular complexity index is 1640. The number of alkyl halides is 6. The van der Waals surface area contributed by atoms with Crippen molar-refractivity contribution < 1.29 is 46.1 Å². The first-order chi connectivity index (χ1) is 20.7. The molecule has 16 heteroatoms. The van der Waals surface area contributed by atoms with Crippen molar-refractivity contribution in [1.29, 1.82) is 0 Å². The average molecular weight is 623 g/mol. The highest BCUT2D eigenvalue weighted by Crippen LogP contribution is 2.22. The summed E-state index contributed by atoms with van der Waals surface area (Å²) >= 11 is 0. The van der Waals surface area contributed by atoms with Crippen LogP contribution < -0.4 is 10.6 Å². The third kappa shape index (κ3) is 8.17. The summed E-state index contributed by atoms with van der Waals surface area (Å²) in [6.45, 7) is 3.54. The van der Waals surface area contributed by atoms with Crippen LogP contribution in [0.4, 0.5) is 26.3 Å². The predicted octanol–water partition coefficient (Wildman–Crippen LogP) is 4.79. The molecule has 232 valence electrons. The second-order valence-electron chi connectivity index (χ2n) is 9.31. The molecule has 2 aromatic heterocycles. The molecule has 6 N–H and O–H groups in total. The summed E-state index contributed by atoms with van der Waals surface area (Å²) in [4.78, 5) is 33.8. The molecule has 10 nitrogen and oxygen atoms in total. The number of aliphatic imine (C=N–C) groups is 2. The van der Waals surface area contributed by atoms with Crippen molar-refractivity contribution in [3.05, 3.63) is 71.0 Å². The molecule has 2 aromatic carbocycles. The van der Waals surface area contributed by atoms with E-state index < -0.39 is 24.3 Å². The van der Waals surface area contributed by atoms with Crippen LogP contribution in [0, 0.1) is 0 Å². The maximum atomic E-state index is 10.6. The second kappa shape index (κ2) is 12.9. The van der Waals surface area contributed by atoms with Crippen molar-refractivity contribution in [2.24, 2.45) is 9.98 Å². The van der Waals surface area contributed by atoms with Gasteiger partial charge in [-0.2, -0.15) is 26.3 Å². The molecule has 4 heterocycles. The summed E-state index contributed by atoms with van der Waals surface area (Å²) in [6, 6.07) is 17.2. The van der Waals surface area contributed by atoms with E-state index in [1.807, 2.05) is 0 Å². The van der Waals surface area contributed by atoms with Gasteiger partial charge in [0.1, 0.15) is 11.7 Å². The molecule has 0 saturated heterocycles. The number of H-pyrrole nitrogens is 2. The van der Waals surface area contributed by atoms with Crippen LogP contribution in [-0.2, 0) is 9.59 Å². The third-order valence-electron chi connectivity index (χ3n) is 6.11. The van der Waals surface area contributed by atoms with E-state index in [1.165, 1.54) is 10.8 Å². The van der Waals surface area contributed by atoms with E-state index in [1.54, 1.807) is 0 Å². The summed E-state index contributed by atoms with van der Waals surface area (Å²) < 4.78 is 63.5. The van der Waals surface area contributed by atoms with Gasteiger partial charge in [0.2, 0.25) is 0 Å². The number of carboxylic acids is 2. The molecule has 0 unspecified atom stereocenters. The van der Waals surface area contributed by atoms with Gasteiger partial charge in [-0.25, -0.2) is 9.59 Å². The van der Waals surface area contributed by atoms with Gasteiger partial charge < -0.3 is 30.8 Å². The zero-order valence-corrected chi connectivity index (χ0v) is 22.5. The first kappa shape index (κ1) is 31.7. The maximum Gasteiger partial charge on any atom is 0.490 e. The largest absolute Gasteiger partial charge is 0.490 e.